The molecule has 0 aliphatic carbocycles. The van der Waals surface area contributed by atoms with E-state index in [2.05, 4.69) is 10.2 Å². The quantitative estimate of drug-likeness (QED) is 0.190. The highest BCUT2D eigenvalue weighted by atomic mass is 35.5. The average Bonchev–Trinajstić information content (AvgIpc) is 3.49. The second-order valence-corrected chi connectivity index (χ2v) is 10.9. The third-order valence-corrected chi connectivity index (χ3v) is 7.03. The van der Waals surface area contributed by atoms with Gasteiger partial charge >= 0.3 is 0 Å². The van der Waals surface area contributed by atoms with Gasteiger partial charge in [-0.15, -0.1) is 10.2 Å². The van der Waals surface area contributed by atoms with Gasteiger partial charge in [0.15, 0.2) is 5.69 Å². The maximum Gasteiger partial charge on any atom is 0.268 e. The Labute approximate surface area is 240 Å². The molecule has 2 aromatic heterocycles. The third kappa shape index (κ3) is 5.46. The van der Waals surface area contributed by atoms with Crippen molar-refractivity contribution in [3.05, 3.63) is 104 Å². The monoisotopic (exact) mass is 586 g/mol. The van der Waals surface area contributed by atoms with E-state index in [0.29, 0.717) is 44.0 Å². The molecule has 0 N–H and O–H groups in total. The highest BCUT2D eigenvalue weighted by Crippen LogP contribution is 2.37. The topological polar surface area (TPSA) is 66.0 Å². The number of benzene rings is 3. The van der Waals surface area contributed by atoms with E-state index in [1.807, 2.05) is 75.4 Å². The first kappa shape index (κ1) is 26.7. The number of aromatic nitrogens is 4. The van der Waals surface area contributed by atoms with Crippen LogP contribution in [0.25, 0.3) is 28.5 Å². The summed E-state index contributed by atoms with van der Waals surface area (Å²) >= 11 is 25.0. The van der Waals surface area contributed by atoms with Crippen LogP contribution in [0.1, 0.15) is 30.9 Å². The van der Waals surface area contributed by atoms with Crippen molar-refractivity contribution in [3.8, 4) is 28.5 Å². The van der Waals surface area contributed by atoms with Crippen molar-refractivity contribution in [1.29, 1.82) is 0 Å². The van der Waals surface area contributed by atoms with Gasteiger partial charge in [0, 0.05) is 26.2 Å². The van der Waals surface area contributed by atoms with Crippen LogP contribution in [0.2, 0.25) is 20.1 Å². The molecule has 5 rings (SSSR count). The molecule has 194 valence electrons. The van der Waals surface area contributed by atoms with E-state index in [1.165, 1.54) is 0 Å². The molecule has 0 saturated heterocycles. The van der Waals surface area contributed by atoms with Crippen LogP contribution in [0.4, 0.5) is 0 Å². The van der Waals surface area contributed by atoms with Crippen molar-refractivity contribution < 1.29 is 9.15 Å². The lowest BCUT2D eigenvalue weighted by atomic mass is 10.1. The summed E-state index contributed by atoms with van der Waals surface area (Å²) in [6, 6.07) is 20.2. The lowest BCUT2D eigenvalue weighted by Crippen LogP contribution is -2.22. The third-order valence-electron chi connectivity index (χ3n) is 6.01. The minimum absolute atomic E-state index is 0.260. The average molecular weight is 588 g/mol. The molecule has 0 aliphatic rings. The van der Waals surface area contributed by atoms with E-state index in [9.17, 15) is 0 Å². The number of nitrogens with zero attached hydrogens (tertiary/aromatic N) is 4. The van der Waals surface area contributed by atoms with Crippen molar-refractivity contribution >= 4 is 46.4 Å². The normalized spacial score (nSPS) is 11.8. The Bertz CT molecular complexity index is 1610. The first-order valence-corrected chi connectivity index (χ1v) is 13.2. The Kier molecular flexibility index (Phi) is 7.54. The minimum Gasteiger partial charge on any atom is -0.416 e. The number of halogens is 4. The Hall–Kier alpha value is -2.87. The van der Waals surface area contributed by atoms with E-state index in [1.54, 1.807) is 16.8 Å². The zero-order valence-corrected chi connectivity index (χ0v) is 23.7. The summed E-state index contributed by atoms with van der Waals surface area (Å²) in [6.07, 6.45) is 0. The molecule has 0 fully saturated rings. The summed E-state index contributed by atoms with van der Waals surface area (Å²) in [5, 5.41) is 15.7. The molecule has 5 aromatic rings. The minimum atomic E-state index is -0.859. The summed E-state index contributed by atoms with van der Waals surface area (Å²) < 4.78 is 14.0. The summed E-state index contributed by atoms with van der Waals surface area (Å²) in [5.41, 5.74) is 3.77. The molecular weight excluding hydrogens is 566 g/mol. The molecule has 0 amide bonds. The van der Waals surface area contributed by atoms with E-state index >= 15 is 0 Å². The standard InChI is InChI=1S/C28H22Cl4N4O2/c1-16-24(26-33-34-27(38-26)28(2,3)37-15-17-5-4-6-20(30)13-17)35-36(23-12-11-21(31)14-22(23)32)25(16)18-7-9-19(29)10-8-18/h4-14H,15H2,1-3H3. The van der Waals surface area contributed by atoms with Crippen LogP contribution in [-0.4, -0.2) is 20.0 Å². The fourth-order valence-corrected chi connectivity index (χ4v) is 4.81. The Morgan fingerprint density at radius 2 is 1.58 bits per heavy atom. The molecular formula is C28H22Cl4N4O2. The van der Waals surface area contributed by atoms with Crippen molar-refractivity contribution in [3.63, 3.8) is 0 Å². The molecule has 0 unspecified atom stereocenters. The first-order valence-electron chi connectivity index (χ1n) is 11.7. The lowest BCUT2D eigenvalue weighted by Gasteiger charge is -2.21. The molecule has 38 heavy (non-hydrogen) atoms. The van der Waals surface area contributed by atoms with Gasteiger partial charge in [-0.3, -0.25) is 0 Å². The maximum atomic E-state index is 6.57. The van der Waals surface area contributed by atoms with Gasteiger partial charge in [-0.25, -0.2) is 4.68 Å². The van der Waals surface area contributed by atoms with Crippen LogP contribution in [0.15, 0.2) is 71.1 Å². The predicted molar refractivity (Wildman–Crippen MR) is 151 cm³/mol. The van der Waals surface area contributed by atoms with Crippen LogP contribution < -0.4 is 0 Å². The van der Waals surface area contributed by atoms with Gasteiger partial charge in [-0.05, 0) is 68.8 Å². The molecule has 6 nitrogen and oxygen atoms in total. The van der Waals surface area contributed by atoms with Gasteiger partial charge in [-0.1, -0.05) is 70.7 Å². The van der Waals surface area contributed by atoms with Crippen molar-refractivity contribution in [2.24, 2.45) is 0 Å². The first-order chi connectivity index (χ1) is 18.1. The van der Waals surface area contributed by atoms with Crippen LogP contribution >= 0.6 is 46.4 Å². The van der Waals surface area contributed by atoms with Gasteiger partial charge in [-0.2, -0.15) is 5.10 Å². The maximum absolute atomic E-state index is 6.57. The van der Waals surface area contributed by atoms with Gasteiger partial charge in [0.05, 0.1) is 23.0 Å². The Morgan fingerprint density at radius 3 is 2.29 bits per heavy atom. The zero-order valence-electron chi connectivity index (χ0n) is 20.7. The van der Waals surface area contributed by atoms with Crippen molar-refractivity contribution in [2.45, 2.75) is 33.0 Å². The fraction of sp³-hybridized carbons (Fsp3) is 0.179. The van der Waals surface area contributed by atoms with Gasteiger partial charge in [0.2, 0.25) is 5.89 Å². The summed E-state index contributed by atoms with van der Waals surface area (Å²) in [4.78, 5) is 0. The number of hydrogen-bond acceptors (Lipinski definition) is 5. The fourth-order valence-electron chi connectivity index (χ4n) is 3.99. The van der Waals surface area contributed by atoms with Crippen LogP contribution in [-0.2, 0) is 16.9 Å². The molecule has 0 atom stereocenters. The second-order valence-electron chi connectivity index (χ2n) is 9.18. The Morgan fingerprint density at radius 1 is 0.868 bits per heavy atom. The highest BCUT2D eigenvalue weighted by Gasteiger charge is 2.31. The lowest BCUT2D eigenvalue weighted by molar-refractivity contribution is -0.0516. The van der Waals surface area contributed by atoms with Crippen molar-refractivity contribution in [2.75, 3.05) is 0 Å². The highest BCUT2D eigenvalue weighted by molar-refractivity contribution is 6.35. The van der Waals surface area contributed by atoms with Crippen molar-refractivity contribution in [1.82, 2.24) is 20.0 Å². The Balaban J connectivity index is 1.53. The second kappa shape index (κ2) is 10.7. The van der Waals surface area contributed by atoms with Crippen LogP contribution in [0.5, 0.6) is 0 Å². The molecule has 2 heterocycles. The molecule has 0 bridgehead atoms. The largest absolute Gasteiger partial charge is 0.416 e. The molecule has 0 saturated carbocycles. The zero-order chi connectivity index (χ0) is 27.0. The van der Waals surface area contributed by atoms with Crippen LogP contribution in [0.3, 0.4) is 0 Å². The van der Waals surface area contributed by atoms with Gasteiger partial charge < -0.3 is 9.15 Å². The number of rotatable bonds is 7. The van der Waals surface area contributed by atoms with E-state index in [-0.39, 0.29) is 5.89 Å². The van der Waals surface area contributed by atoms with E-state index in [0.717, 1.165) is 22.4 Å². The smallest absolute Gasteiger partial charge is 0.268 e. The molecule has 0 spiro atoms. The molecule has 0 aliphatic heterocycles. The van der Waals surface area contributed by atoms with Crippen LogP contribution in [0, 0.1) is 6.92 Å². The SMILES string of the molecule is Cc1c(-c2nnc(C(C)(C)OCc3cccc(Cl)c3)o2)nn(-c2ccc(Cl)cc2Cl)c1-c1ccc(Cl)cc1. The molecule has 0 radical (unpaired) electrons. The van der Waals surface area contributed by atoms with E-state index < -0.39 is 5.60 Å². The molecule has 10 heteroatoms. The van der Waals surface area contributed by atoms with E-state index in [4.69, 9.17) is 60.7 Å². The summed E-state index contributed by atoms with van der Waals surface area (Å²) in [7, 11) is 0. The van der Waals surface area contributed by atoms with Gasteiger partial charge in [0.1, 0.15) is 5.60 Å². The number of ether oxygens (including phenoxy) is 1. The molecule has 3 aromatic carbocycles. The summed E-state index contributed by atoms with van der Waals surface area (Å²) in [5.74, 6) is 0.581. The van der Waals surface area contributed by atoms with Gasteiger partial charge in [0.25, 0.3) is 5.89 Å². The number of hydrogen-bond donors (Lipinski definition) is 0. The summed E-state index contributed by atoms with van der Waals surface area (Å²) in [6.45, 7) is 6.01. The predicted octanol–water partition coefficient (Wildman–Crippen LogP) is 8.96.